The topological polar surface area (TPSA) is 77.2 Å². The fourth-order valence-corrected chi connectivity index (χ4v) is 3.06. The quantitative estimate of drug-likeness (QED) is 0.561. The van der Waals surface area contributed by atoms with E-state index in [2.05, 4.69) is 15.5 Å². The summed E-state index contributed by atoms with van der Waals surface area (Å²) in [7, 11) is 1.62. The third-order valence-corrected chi connectivity index (χ3v) is 4.39. The molecule has 0 aliphatic carbocycles. The van der Waals surface area contributed by atoms with Gasteiger partial charge < -0.3 is 14.6 Å². The fourth-order valence-electron chi connectivity index (χ4n) is 3.06. The number of amides is 1. The molecule has 0 atom stereocenters. The van der Waals surface area contributed by atoms with Gasteiger partial charge in [0.25, 0.3) is 0 Å². The highest BCUT2D eigenvalue weighted by atomic mass is 16.5. The Morgan fingerprint density at radius 1 is 1.11 bits per heavy atom. The molecule has 6 nitrogen and oxygen atoms in total. The number of hydrogen-bond donors (Lipinski definition) is 1. The molecule has 0 spiro atoms. The summed E-state index contributed by atoms with van der Waals surface area (Å²) < 4.78 is 10.5. The van der Waals surface area contributed by atoms with Crippen molar-refractivity contribution in [3.05, 3.63) is 72.1 Å². The highest BCUT2D eigenvalue weighted by molar-refractivity contribution is 6.01. The van der Waals surface area contributed by atoms with Gasteiger partial charge in [-0.05, 0) is 43.3 Å². The summed E-state index contributed by atoms with van der Waals surface area (Å²) >= 11 is 0. The summed E-state index contributed by atoms with van der Waals surface area (Å²) in [4.78, 5) is 17.0. The van der Waals surface area contributed by atoms with Crippen molar-refractivity contribution in [3.63, 3.8) is 0 Å². The molecule has 0 unspecified atom stereocenters. The fraction of sp³-hybridized carbons (Fsp3) is 0.136. The van der Waals surface area contributed by atoms with Gasteiger partial charge in [-0.1, -0.05) is 23.4 Å². The molecule has 2 aromatic heterocycles. The van der Waals surface area contributed by atoms with E-state index in [1.165, 1.54) is 0 Å². The number of ether oxygens (including phenoxy) is 1. The van der Waals surface area contributed by atoms with Gasteiger partial charge >= 0.3 is 0 Å². The highest BCUT2D eigenvalue weighted by Crippen LogP contribution is 2.25. The zero-order chi connectivity index (χ0) is 19.5. The molecule has 2 aromatic carbocycles. The Balaban J connectivity index is 1.50. The molecule has 0 fully saturated rings. The standard InChI is InChI=1S/C22H19N3O3/c1-14-11-20(18-5-3-4-6-19(18)23-14)24-22(26)13-16-12-21(28-25-16)15-7-9-17(27-2)10-8-15/h3-12H,13H2,1-2H3,(H,23,24,26). The van der Waals surface area contributed by atoms with Gasteiger partial charge in [0.2, 0.25) is 5.91 Å². The normalized spacial score (nSPS) is 10.8. The van der Waals surface area contributed by atoms with Crippen LogP contribution in [0.1, 0.15) is 11.4 Å². The van der Waals surface area contributed by atoms with Crippen molar-refractivity contribution in [3.8, 4) is 17.1 Å². The third kappa shape index (κ3) is 3.71. The number of para-hydroxylation sites is 1. The van der Waals surface area contributed by atoms with Crippen LogP contribution in [0.5, 0.6) is 5.75 Å². The molecular weight excluding hydrogens is 354 g/mol. The Kier molecular flexibility index (Phi) is 4.76. The van der Waals surface area contributed by atoms with E-state index in [4.69, 9.17) is 9.26 Å². The van der Waals surface area contributed by atoms with Crippen LogP contribution in [-0.2, 0) is 11.2 Å². The Hall–Kier alpha value is -3.67. The Labute approximate surface area is 162 Å². The maximum Gasteiger partial charge on any atom is 0.230 e. The van der Waals surface area contributed by atoms with Crippen molar-refractivity contribution in [1.82, 2.24) is 10.1 Å². The van der Waals surface area contributed by atoms with Gasteiger partial charge in [-0.3, -0.25) is 9.78 Å². The largest absolute Gasteiger partial charge is 0.497 e. The van der Waals surface area contributed by atoms with Crippen LogP contribution < -0.4 is 10.1 Å². The second kappa shape index (κ2) is 7.52. The number of carbonyl (C=O) groups is 1. The second-order valence-electron chi connectivity index (χ2n) is 6.46. The minimum absolute atomic E-state index is 0.120. The second-order valence-corrected chi connectivity index (χ2v) is 6.46. The smallest absolute Gasteiger partial charge is 0.230 e. The molecule has 6 heteroatoms. The third-order valence-electron chi connectivity index (χ3n) is 4.39. The van der Waals surface area contributed by atoms with Crippen LogP contribution in [0.3, 0.4) is 0 Å². The van der Waals surface area contributed by atoms with Crippen molar-refractivity contribution >= 4 is 22.5 Å². The first kappa shape index (κ1) is 17.7. The van der Waals surface area contributed by atoms with Crippen LogP contribution in [0.2, 0.25) is 0 Å². The number of aromatic nitrogens is 2. The minimum Gasteiger partial charge on any atom is -0.497 e. The molecule has 0 radical (unpaired) electrons. The lowest BCUT2D eigenvalue weighted by molar-refractivity contribution is -0.115. The maximum absolute atomic E-state index is 12.5. The van der Waals surface area contributed by atoms with Crippen molar-refractivity contribution < 1.29 is 14.1 Å². The number of nitrogens with zero attached hydrogens (tertiary/aromatic N) is 2. The molecule has 140 valence electrons. The van der Waals surface area contributed by atoms with Crippen LogP contribution in [0.15, 0.2) is 65.2 Å². The molecule has 1 N–H and O–H groups in total. The van der Waals surface area contributed by atoms with E-state index in [9.17, 15) is 4.79 Å². The summed E-state index contributed by atoms with van der Waals surface area (Å²) in [5.74, 6) is 1.21. The molecule has 28 heavy (non-hydrogen) atoms. The van der Waals surface area contributed by atoms with Crippen LogP contribution in [0.25, 0.3) is 22.2 Å². The first-order valence-corrected chi connectivity index (χ1v) is 8.88. The molecule has 0 saturated heterocycles. The van der Waals surface area contributed by atoms with Gasteiger partial charge in [-0.2, -0.15) is 0 Å². The number of nitrogens with one attached hydrogen (secondary N) is 1. The molecule has 1 amide bonds. The summed E-state index contributed by atoms with van der Waals surface area (Å²) in [6.45, 7) is 1.90. The van der Waals surface area contributed by atoms with E-state index in [1.807, 2.05) is 61.5 Å². The monoisotopic (exact) mass is 373 g/mol. The van der Waals surface area contributed by atoms with Crippen molar-refractivity contribution in [2.45, 2.75) is 13.3 Å². The Morgan fingerprint density at radius 3 is 2.68 bits per heavy atom. The van der Waals surface area contributed by atoms with Gasteiger partial charge in [0.05, 0.1) is 30.4 Å². The number of pyridine rings is 1. The predicted octanol–water partition coefficient (Wildman–Crippen LogP) is 4.39. The number of carbonyl (C=O) groups excluding carboxylic acids is 1. The number of rotatable bonds is 5. The van der Waals surface area contributed by atoms with Crippen LogP contribution in [0, 0.1) is 6.92 Å². The minimum atomic E-state index is -0.162. The predicted molar refractivity (Wildman–Crippen MR) is 107 cm³/mol. The Bertz CT molecular complexity index is 1130. The van der Waals surface area contributed by atoms with Crippen molar-refractivity contribution in [2.75, 3.05) is 12.4 Å². The lowest BCUT2D eigenvalue weighted by Gasteiger charge is -2.09. The molecule has 0 aliphatic rings. The first-order chi connectivity index (χ1) is 13.6. The highest BCUT2D eigenvalue weighted by Gasteiger charge is 2.13. The summed E-state index contributed by atoms with van der Waals surface area (Å²) in [5.41, 5.74) is 3.87. The van der Waals surface area contributed by atoms with E-state index < -0.39 is 0 Å². The van der Waals surface area contributed by atoms with E-state index in [1.54, 1.807) is 13.2 Å². The SMILES string of the molecule is COc1ccc(-c2cc(CC(=O)Nc3cc(C)nc4ccccc34)no2)cc1. The zero-order valence-corrected chi connectivity index (χ0v) is 15.6. The molecule has 4 aromatic rings. The van der Waals surface area contributed by atoms with Gasteiger partial charge in [-0.25, -0.2) is 0 Å². The number of aryl methyl sites for hydroxylation is 1. The van der Waals surface area contributed by atoms with E-state index in [-0.39, 0.29) is 12.3 Å². The van der Waals surface area contributed by atoms with Crippen LogP contribution in [0.4, 0.5) is 5.69 Å². The summed E-state index contributed by atoms with van der Waals surface area (Å²) in [6.07, 6.45) is 0.120. The van der Waals surface area contributed by atoms with Crippen molar-refractivity contribution in [1.29, 1.82) is 0 Å². The van der Waals surface area contributed by atoms with Gasteiger partial charge in [0.1, 0.15) is 5.75 Å². The Morgan fingerprint density at radius 2 is 1.89 bits per heavy atom. The average molecular weight is 373 g/mol. The molecular formula is C22H19N3O3. The molecule has 0 aliphatic heterocycles. The average Bonchev–Trinajstić information content (AvgIpc) is 3.16. The molecule has 0 bridgehead atoms. The molecule has 0 saturated carbocycles. The van der Waals surface area contributed by atoms with Crippen LogP contribution in [-0.4, -0.2) is 23.2 Å². The van der Waals surface area contributed by atoms with Gasteiger partial charge in [0.15, 0.2) is 5.76 Å². The van der Waals surface area contributed by atoms with E-state index in [0.717, 1.165) is 33.6 Å². The number of hydrogen-bond acceptors (Lipinski definition) is 5. The van der Waals surface area contributed by atoms with E-state index >= 15 is 0 Å². The number of methoxy groups -OCH3 is 1. The lowest BCUT2D eigenvalue weighted by Crippen LogP contribution is -2.15. The summed E-state index contributed by atoms with van der Waals surface area (Å²) in [5, 5.41) is 7.88. The first-order valence-electron chi connectivity index (χ1n) is 8.88. The van der Waals surface area contributed by atoms with E-state index in [0.29, 0.717) is 11.5 Å². The number of fused-ring (bicyclic) bond motifs is 1. The van der Waals surface area contributed by atoms with Crippen molar-refractivity contribution in [2.24, 2.45) is 0 Å². The number of anilines is 1. The molecule has 2 heterocycles. The maximum atomic E-state index is 12.5. The lowest BCUT2D eigenvalue weighted by atomic mass is 10.1. The summed E-state index contributed by atoms with van der Waals surface area (Å²) in [6, 6.07) is 18.8. The van der Waals surface area contributed by atoms with Crippen LogP contribution >= 0.6 is 0 Å². The zero-order valence-electron chi connectivity index (χ0n) is 15.6. The number of benzene rings is 2. The van der Waals surface area contributed by atoms with Gasteiger partial charge in [0, 0.05) is 22.7 Å². The van der Waals surface area contributed by atoms with Gasteiger partial charge in [-0.15, -0.1) is 0 Å². The molecule has 4 rings (SSSR count).